The van der Waals surface area contributed by atoms with Gasteiger partial charge in [-0.05, 0) is 37.8 Å². The number of likely N-dealkylation sites (tertiary alicyclic amines) is 1. The van der Waals surface area contributed by atoms with Crippen LogP contribution < -0.4 is 17.0 Å². The Morgan fingerprint density at radius 2 is 1.93 bits per heavy atom. The lowest BCUT2D eigenvalue weighted by atomic mass is 10.1. The highest BCUT2D eigenvalue weighted by molar-refractivity contribution is 5.87. The Kier molecular flexibility index (Phi) is 5.73. The zero-order valence-corrected chi connectivity index (χ0v) is 15.1. The summed E-state index contributed by atoms with van der Waals surface area (Å²) >= 11 is 0. The van der Waals surface area contributed by atoms with Crippen molar-refractivity contribution in [1.82, 2.24) is 14.5 Å². The number of carbonyl (C=O) groups is 2. The van der Waals surface area contributed by atoms with Crippen LogP contribution in [0.5, 0.6) is 0 Å². The summed E-state index contributed by atoms with van der Waals surface area (Å²) < 4.78 is 1.20. The van der Waals surface area contributed by atoms with Gasteiger partial charge >= 0.3 is 5.69 Å². The molecule has 0 radical (unpaired) electrons. The summed E-state index contributed by atoms with van der Waals surface area (Å²) in [4.78, 5) is 52.4. The molecule has 2 amide bonds. The van der Waals surface area contributed by atoms with Gasteiger partial charge in [-0.3, -0.25) is 19.0 Å². The van der Waals surface area contributed by atoms with Crippen LogP contribution in [0.1, 0.15) is 38.5 Å². The van der Waals surface area contributed by atoms with Crippen molar-refractivity contribution < 1.29 is 9.59 Å². The van der Waals surface area contributed by atoms with E-state index < -0.39 is 17.6 Å². The van der Waals surface area contributed by atoms with E-state index in [1.54, 1.807) is 29.2 Å². The number of aromatic amines is 1. The third kappa shape index (κ3) is 4.10. The Morgan fingerprint density at radius 3 is 2.70 bits per heavy atom. The molecule has 1 aromatic carbocycles. The molecule has 0 unspecified atom stereocenters. The van der Waals surface area contributed by atoms with E-state index in [-0.39, 0.29) is 11.5 Å². The Labute approximate surface area is 156 Å². The zero-order valence-electron chi connectivity index (χ0n) is 15.1. The van der Waals surface area contributed by atoms with E-state index in [0.29, 0.717) is 56.1 Å². The van der Waals surface area contributed by atoms with Crippen LogP contribution in [0, 0.1) is 0 Å². The first-order valence-corrected chi connectivity index (χ1v) is 9.29. The number of unbranched alkanes of at least 4 members (excludes halogenated alkanes) is 2. The summed E-state index contributed by atoms with van der Waals surface area (Å²) in [6.45, 7) is 0.884. The van der Waals surface area contributed by atoms with Gasteiger partial charge < -0.3 is 15.6 Å². The number of primary amides is 1. The smallest absolute Gasteiger partial charge is 0.328 e. The molecule has 0 saturated carbocycles. The largest absolute Gasteiger partial charge is 0.368 e. The molecular formula is C19H24N4O4. The number of fused-ring (bicyclic) bond motifs is 1. The van der Waals surface area contributed by atoms with Crippen LogP contribution in [0.3, 0.4) is 0 Å². The monoisotopic (exact) mass is 372 g/mol. The van der Waals surface area contributed by atoms with E-state index in [1.807, 2.05) is 0 Å². The topological polar surface area (TPSA) is 118 Å². The summed E-state index contributed by atoms with van der Waals surface area (Å²) in [5.41, 5.74) is 5.15. The summed E-state index contributed by atoms with van der Waals surface area (Å²) in [6, 6.07) is 6.43. The van der Waals surface area contributed by atoms with Crippen molar-refractivity contribution >= 4 is 22.7 Å². The summed E-state index contributed by atoms with van der Waals surface area (Å²) in [7, 11) is 0. The molecule has 8 heteroatoms. The molecule has 0 aliphatic carbocycles. The number of carbonyl (C=O) groups excluding carboxylic acids is 2. The van der Waals surface area contributed by atoms with Crippen LogP contribution in [0.4, 0.5) is 0 Å². The molecule has 1 atom stereocenters. The standard InChI is InChI=1S/C19H24N4O4/c20-17(25)15-9-6-12-22(15)16(24)10-2-1-5-11-23-18(26)13-7-3-4-8-14(13)21-19(23)27/h3-4,7-8,15H,1-2,5-6,9-12H2,(H2,20,25)(H,21,27)/t15-/m0/s1. The van der Waals surface area contributed by atoms with Crippen LogP contribution in [-0.2, 0) is 16.1 Å². The van der Waals surface area contributed by atoms with Crippen LogP contribution in [-0.4, -0.2) is 38.9 Å². The highest BCUT2D eigenvalue weighted by Crippen LogP contribution is 2.18. The van der Waals surface area contributed by atoms with E-state index in [0.717, 1.165) is 6.42 Å². The molecule has 1 fully saturated rings. The van der Waals surface area contributed by atoms with Crippen molar-refractivity contribution in [3.8, 4) is 0 Å². The normalized spacial score (nSPS) is 16.7. The molecule has 3 rings (SSSR count). The van der Waals surface area contributed by atoms with Crippen molar-refractivity contribution in [2.45, 2.75) is 51.1 Å². The fourth-order valence-electron chi connectivity index (χ4n) is 3.63. The number of H-pyrrole nitrogens is 1. The lowest BCUT2D eigenvalue weighted by Crippen LogP contribution is -2.43. The van der Waals surface area contributed by atoms with Gasteiger partial charge in [0.1, 0.15) is 6.04 Å². The van der Waals surface area contributed by atoms with Crippen LogP contribution in [0.15, 0.2) is 33.9 Å². The van der Waals surface area contributed by atoms with Gasteiger partial charge in [-0.25, -0.2) is 4.79 Å². The van der Waals surface area contributed by atoms with Gasteiger partial charge in [0, 0.05) is 19.5 Å². The van der Waals surface area contributed by atoms with Crippen molar-refractivity contribution in [1.29, 1.82) is 0 Å². The summed E-state index contributed by atoms with van der Waals surface area (Å²) in [5.74, 6) is -0.507. The van der Waals surface area contributed by atoms with Crippen LogP contribution in [0.25, 0.3) is 10.9 Å². The SMILES string of the molecule is NC(=O)[C@@H]1CCCN1C(=O)CCCCCn1c(=O)[nH]c2ccccc2c1=O. The third-order valence-corrected chi connectivity index (χ3v) is 5.06. The Hall–Kier alpha value is -2.90. The molecule has 1 saturated heterocycles. The Bertz CT molecular complexity index is 962. The number of benzene rings is 1. The van der Waals surface area contributed by atoms with Gasteiger partial charge in [-0.15, -0.1) is 0 Å². The molecule has 3 N–H and O–H groups in total. The minimum atomic E-state index is -0.479. The number of aromatic nitrogens is 2. The predicted molar refractivity (Wildman–Crippen MR) is 101 cm³/mol. The maximum absolute atomic E-state index is 12.4. The van der Waals surface area contributed by atoms with Gasteiger partial charge in [0.25, 0.3) is 5.56 Å². The molecule has 2 aromatic rings. The number of nitrogens with one attached hydrogen (secondary N) is 1. The first-order chi connectivity index (χ1) is 13.0. The van der Waals surface area contributed by atoms with E-state index in [2.05, 4.69) is 4.98 Å². The van der Waals surface area contributed by atoms with E-state index >= 15 is 0 Å². The highest BCUT2D eigenvalue weighted by atomic mass is 16.2. The molecule has 2 heterocycles. The molecule has 0 bridgehead atoms. The second-order valence-electron chi connectivity index (χ2n) is 6.89. The zero-order chi connectivity index (χ0) is 19.4. The van der Waals surface area contributed by atoms with Crippen molar-refractivity contribution in [3.63, 3.8) is 0 Å². The van der Waals surface area contributed by atoms with Crippen LogP contribution in [0.2, 0.25) is 0 Å². The maximum atomic E-state index is 12.4. The molecule has 0 spiro atoms. The van der Waals surface area contributed by atoms with E-state index in [4.69, 9.17) is 5.73 Å². The Morgan fingerprint density at radius 1 is 1.15 bits per heavy atom. The van der Waals surface area contributed by atoms with Crippen LogP contribution >= 0.6 is 0 Å². The highest BCUT2D eigenvalue weighted by Gasteiger charge is 2.31. The fourth-order valence-corrected chi connectivity index (χ4v) is 3.63. The quantitative estimate of drug-likeness (QED) is 0.696. The fraction of sp³-hybridized carbons (Fsp3) is 0.474. The minimum Gasteiger partial charge on any atom is -0.368 e. The first-order valence-electron chi connectivity index (χ1n) is 9.29. The number of hydrogen-bond acceptors (Lipinski definition) is 4. The minimum absolute atomic E-state index is 0.0583. The van der Waals surface area contributed by atoms with E-state index in [1.165, 1.54) is 4.57 Å². The predicted octanol–water partition coefficient (Wildman–Crippen LogP) is 0.726. The maximum Gasteiger partial charge on any atom is 0.328 e. The second-order valence-corrected chi connectivity index (χ2v) is 6.89. The number of hydrogen-bond donors (Lipinski definition) is 2. The van der Waals surface area contributed by atoms with Gasteiger partial charge in [0.15, 0.2) is 0 Å². The molecular weight excluding hydrogens is 348 g/mol. The summed E-state index contributed by atoms with van der Waals surface area (Å²) in [6.07, 6.45) is 3.74. The molecule has 1 aliphatic heterocycles. The van der Waals surface area contributed by atoms with Gasteiger partial charge in [-0.2, -0.15) is 0 Å². The number of amides is 2. The van der Waals surface area contributed by atoms with E-state index in [9.17, 15) is 19.2 Å². The van der Waals surface area contributed by atoms with Crippen molar-refractivity contribution in [2.75, 3.05) is 6.54 Å². The number of para-hydroxylation sites is 1. The molecule has 27 heavy (non-hydrogen) atoms. The molecule has 144 valence electrons. The first kappa shape index (κ1) is 18.9. The Balaban J connectivity index is 1.52. The molecule has 1 aliphatic rings. The second kappa shape index (κ2) is 8.20. The van der Waals surface area contributed by atoms with Crippen molar-refractivity contribution in [3.05, 3.63) is 45.1 Å². The number of nitrogens with zero attached hydrogens (tertiary/aromatic N) is 2. The lowest BCUT2D eigenvalue weighted by Gasteiger charge is -2.22. The number of nitrogens with two attached hydrogens (primary N) is 1. The summed E-state index contributed by atoms with van der Waals surface area (Å²) in [5, 5.41) is 0.485. The van der Waals surface area contributed by atoms with Gasteiger partial charge in [-0.1, -0.05) is 18.6 Å². The number of rotatable bonds is 7. The van der Waals surface area contributed by atoms with Gasteiger partial charge in [0.2, 0.25) is 11.8 Å². The van der Waals surface area contributed by atoms with Gasteiger partial charge in [0.05, 0.1) is 10.9 Å². The average molecular weight is 372 g/mol. The van der Waals surface area contributed by atoms with Crippen molar-refractivity contribution in [2.24, 2.45) is 5.73 Å². The molecule has 8 nitrogen and oxygen atoms in total. The third-order valence-electron chi connectivity index (χ3n) is 5.06. The lowest BCUT2D eigenvalue weighted by molar-refractivity contribution is -0.137. The average Bonchev–Trinajstić information content (AvgIpc) is 3.14. The molecule has 1 aromatic heterocycles.